The van der Waals surface area contributed by atoms with E-state index in [0.717, 1.165) is 45.9 Å². The van der Waals surface area contributed by atoms with Crippen LogP contribution in [-0.4, -0.2) is 45.5 Å². The SMILES string of the molecule is [B]c1cc(C(=O)NC(C)C)ccc1-n1nc(-c2cccnc2)c2c1-c1sc(NC(C)=O)nc1CC2. The van der Waals surface area contributed by atoms with Gasteiger partial charge in [-0.3, -0.25) is 14.6 Å². The molecule has 0 spiro atoms. The van der Waals surface area contributed by atoms with Crippen LogP contribution < -0.4 is 16.1 Å². The lowest BCUT2D eigenvalue weighted by molar-refractivity contribution is -0.114. The molecule has 0 atom stereocenters. The number of carbonyl (C=O) groups is 2. The van der Waals surface area contributed by atoms with E-state index >= 15 is 0 Å². The number of benzene rings is 1. The molecule has 0 saturated carbocycles. The molecule has 35 heavy (non-hydrogen) atoms. The van der Waals surface area contributed by atoms with Gasteiger partial charge in [-0.1, -0.05) is 22.9 Å². The molecule has 0 aliphatic heterocycles. The van der Waals surface area contributed by atoms with Crippen molar-refractivity contribution in [2.75, 3.05) is 5.32 Å². The van der Waals surface area contributed by atoms with Crippen molar-refractivity contribution in [3.8, 4) is 27.5 Å². The summed E-state index contributed by atoms with van der Waals surface area (Å²) in [5, 5.41) is 11.2. The second-order valence-corrected chi connectivity index (χ2v) is 9.71. The summed E-state index contributed by atoms with van der Waals surface area (Å²) in [5.41, 5.74) is 6.20. The van der Waals surface area contributed by atoms with Crippen molar-refractivity contribution >= 4 is 41.6 Å². The molecule has 0 unspecified atom stereocenters. The molecule has 4 aromatic rings. The summed E-state index contributed by atoms with van der Waals surface area (Å²) in [6.07, 6.45) is 5.00. The van der Waals surface area contributed by atoms with Gasteiger partial charge in [-0.25, -0.2) is 9.67 Å². The minimum Gasteiger partial charge on any atom is -0.350 e. The Morgan fingerprint density at radius 1 is 1.20 bits per heavy atom. The number of amides is 2. The van der Waals surface area contributed by atoms with Gasteiger partial charge >= 0.3 is 0 Å². The molecule has 2 radical (unpaired) electrons. The molecule has 0 fully saturated rings. The predicted octanol–water partition coefficient (Wildman–Crippen LogP) is 3.05. The summed E-state index contributed by atoms with van der Waals surface area (Å²) >= 11 is 1.42. The van der Waals surface area contributed by atoms with Gasteiger partial charge in [0.05, 0.1) is 27.6 Å². The zero-order chi connectivity index (χ0) is 24.7. The normalized spacial score (nSPS) is 12.2. The molecule has 0 bridgehead atoms. The van der Waals surface area contributed by atoms with E-state index in [1.165, 1.54) is 18.3 Å². The number of pyridine rings is 1. The third kappa shape index (κ3) is 4.37. The van der Waals surface area contributed by atoms with Crippen LogP contribution in [0.2, 0.25) is 0 Å². The Bertz CT molecular complexity index is 1440. The number of carbonyl (C=O) groups excluding carboxylic acids is 2. The van der Waals surface area contributed by atoms with Crippen molar-refractivity contribution < 1.29 is 9.59 Å². The van der Waals surface area contributed by atoms with Crippen molar-refractivity contribution in [2.45, 2.75) is 39.7 Å². The lowest BCUT2D eigenvalue weighted by atomic mass is 9.91. The maximum atomic E-state index is 12.5. The van der Waals surface area contributed by atoms with Crippen LogP contribution in [-0.2, 0) is 17.6 Å². The molecule has 5 rings (SSSR count). The van der Waals surface area contributed by atoms with E-state index in [0.29, 0.717) is 21.8 Å². The van der Waals surface area contributed by atoms with Gasteiger partial charge in [0, 0.05) is 42.0 Å². The zero-order valence-corrected chi connectivity index (χ0v) is 20.4. The Labute approximate surface area is 208 Å². The van der Waals surface area contributed by atoms with Crippen molar-refractivity contribution in [1.29, 1.82) is 0 Å². The maximum Gasteiger partial charge on any atom is 0.251 e. The number of rotatable bonds is 5. The van der Waals surface area contributed by atoms with Crippen LogP contribution in [0.4, 0.5) is 5.13 Å². The zero-order valence-electron chi connectivity index (χ0n) is 19.6. The number of hydrogen-bond acceptors (Lipinski definition) is 6. The summed E-state index contributed by atoms with van der Waals surface area (Å²) in [4.78, 5) is 34.0. The maximum absolute atomic E-state index is 12.5. The fraction of sp³-hybridized carbons (Fsp3) is 0.240. The molecule has 2 N–H and O–H groups in total. The first-order valence-corrected chi connectivity index (χ1v) is 12.1. The molecule has 174 valence electrons. The molecule has 10 heteroatoms. The second-order valence-electron chi connectivity index (χ2n) is 8.71. The van der Waals surface area contributed by atoms with Gasteiger partial charge in [0.25, 0.3) is 5.91 Å². The fourth-order valence-corrected chi connectivity index (χ4v) is 5.33. The number of aryl methyl sites for hydroxylation is 1. The largest absolute Gasteiger partial charge is 0.350 e. The molecule has 1 aromatic carbocycles. The van der Waals surface area contributed by atoms with E-state index in [-0.39, 0.29) is 17.9 Å². The monoisotopic (exact) mass is 482 g/mol. The highest BCUT2D eigenvalue weighted by atomic mass is 32.1. The standard InChI is InChI=1S/C25H23BN6O2S/c1-13(2)28-24(34)15-6-9-20(18(26)11-15)32-22-17(21(31-32)16-5-4-10-27-12-16)7-8-19-23(22)35-25(30-19)29-14(3)33/h4-6,9-13H,7-8H2,1-3H3,(H,28,34)(H,29,30,33). The number of nitrogens with zero attached hydrogens (tertiary/aromatic N) is 4. The Balaban J connectivity index is 1.67. The highest BCUT2D eigenvalue weighted by Gasteiger charge is 2.30. The lowest BCUT2D eigenvalue weighted by Crippen LogP contribution is -2.31. The number of anilines is 1. The second kappa shape index (κ2) is 9.11. The molecule has 1 aliphatic carbocycles. The Morgan fingerprint density at radius 3 is 2.71 bits per heavy atom. The van der Waals surface area contributed by atoms with E-state index in [1.807, 2.05) is 36.7 Å². The van der Waals surface area contributed by atoms with Crippen molar-refractivity contribution in [2.24, 2.45) is 0 Å². The molecular formula is C25H23BN6O2S. The number of hydrogen-bond donors (Lipinski definition) is 2. The van der Waals surface area contributed by atoms with Crippen LogP contribution >= 0.6 is 11.3 Å². The number of aromatic nitrogens is 4. The average Bonchev–Trinajstić information content (AvgIpc) is 3.39. The highest BCUT2D eigenvalue weighted by molar-refractivity contribution is 7.19. The van der Waals surface area contributed by atoms with Crippen LogP contribution in [0.1, 0.15) is 42.4 Å². The molecule has 0 saturated heterocycles. The van der Waals surface area contributed by atoms with Crippen LogP contribution in [0.15, 0.2) is 42.7 Å². The van der Waals surface area contributed by atoms with E-state index < -0.39 is 0 Å². The summed E-state index contributed by atoms with van der Waals surface area (Å²) in [5.74, 6) is -0.345. The molecule has 3 aromatic heterocycles. The average molecular weight is 482 g/mol. The Kier molecular flexibility index (Phi) is 5.98. The number of fused-ring (bicyclic) bond motifs is 3. The van der Waals surface area contributed by atoms with Gasteiger partial charge in [0.15, 0.2) is 5.13 Å². The lowest BCUT2D eigenvalue weighted by Gasteiger charge is -2.16. The Hall–Kier alpha value is -3.79. The molecule has 8 nitrogen and oxygen atoms in total. The molecular weight excluding hydrogens is 459 g/mol. The minimum absolute atomic E-state index is 0.0196. The van der Waals surface area contributed by atoms with Gasteiger partial charge in [-0.05, 0) is 51.0 Å². The summed E-state index contributed by atoms with van der Waals surface area (Å²) in [6.45, 7) is 5.29. The van der Waals surface area contributed by atoms with Gasteiger partial charge in [-0.15, -0.1) is 0 Å². The van der Waals surface area contributed by atoms with Crippen molar-refractivity contribution in [3.05, 3.63) is 59.5 Å². The van der Waals surface area contributed by atoms with Gasteiger partial charge < -0.3 is 10.6 Å². The summed E-state index contributed by atoms with van der Waals surface area (Å²) in [7, 11) is 6.47. The van der Waals surface area contributed by atoms with Crippen LogP contribution in [0.5, 0.6) is 0 Å². The van der Waals surface area contributed by atoms with Crippen LogP contribution in [0.3, 0.4) is 0 Å². The predicted molar refractivity (Wildman–Crippen MR) is 138 cm³/mol. The van der Waals surface area contributed by atoms with Gasteiger partial charge in [0.1, 0.15) is 7.85 Å². The Morgan fingerprint density at radius 2 is 2.03 bits per heavy atom. The molecule has 1 aliphatic rings. The van der Waals surface area contributed by atoms with E-state index in [9.17, 15) is 9.59 Å². The van der Waals surface area contributed by atoms with Crippen LogP contribution in [0.25, 0.3) is 27.5 Å². The van der Waals surface area contributed by atoms with Crippen molar-refractivity contribution in [3.63, 3.8) is 0 Å². The molecule has 3 heterocycles. The quantitative estimate of drug-likeness (QED) is 0.426. The first-order chi connectivity index (χ1) is 16.8. The van der Waals surface area contributed by atoms with E-state index in [4.69, 9.17) is 12.9 Å². The van der Waals surface area contributed by atoms with Crippen molar-refractivity contribution in [1.82, 2.24) is 25.1 Å². The summed E-state index contributed by atoms with van der Waals surface area (Å²) in [6, 6.07) is 9.12. The fourth-order valence-electron chi connectivity index (χ4n) is 4.22. The summed E-state index contributed by atoms with van der Waals surface area (Å²) < 4.78 is 1.82. The smallest absolute Gasteiger partial charge is 0.251 e. The van der Waals surface area contributed by atoms with Gasteiger partial charge in [0.2, 0.25) is 5.91 Å². The van der Waals surface area contributed by atoms with Gasteiger partial charge in [-0.2, -0.15) is 5.10 Å². The number of thiazole rings is 1. The first-order valence-electron chi connectivity index (χ1n) is 11.3. The highest BCUT2D eigenvalue weighted by Crippen LogP contribution is 2.43. The molecule has 2 amide bonds. The third-order valence-corrected chi connectivity index (χ3v) is 6.68. The third-order valence-electron chi connectivity index (χ3n) is 5.66. The number of nitrogens with one attached hydrogen (secondary N) is 2. The topological polar surface area (TPSA) is 102 Å². The minimum atomic E-state index is -0.179. The van der Waals surface area contributed by atoms with E-state index in [1.54, 1.807) is 24.5 Å². The first kappa shape index (κ1) is 23.0. The van der Waals surface area contributed by atoms with Crippen LogP contribution in [0, 0.1) is 0 Å². The van der Waals surface area contributed by atoms with E-state index in [2.05, 4.69) is 20.6 Å².